The first kappa shape index (κ1) is 28.4. The molecule has 1 N–H and O–H groups in total. The van der Waals surface area contributed by atoms with Crippen molar-refractivity contribution in [2.75, 3.05) is 13.6 Å². The highest BCUT2D eigenvalue weighted by Gasteiger charge is 2.32. The summed E-state index contributed by atoms with van der Waals surface area (Å²) in [4.78, 5) is 28.1. The van der Waals surface area contributed by atoms with Crippen molar-refractivity contribution in [1.82, 2.24) is 14.5 Å². The zero-order chi connectivity index (χ0) is 27.4. The quantitative estimate of drug-likeness (QED) is 0.378. The van der Waals surface area contributed by atoms with Crippen LogP contribution in [-0.2, 0) is 26.2 Å². The van der Waals surface area contributed by atoms with Gasteiger partial charge in [0.25, 0.3) is 0 Å². The predicted octanol–water partition coefficient (Wildman–Crippen LogP) is 5.24. The van der Waals surface area contributed by atoms with Gasteiger partial charge < -0.3 is 10.2 Å². The van der Waals surface area contributed by atoms with E-state index in [0.717, 1.165) is 40.8 Å². The van der Waals surface area contributed by atoms with Gasteiger partial charge >= 0.3 is 0 Å². The molecule has 1 saturated carbocycles. The minimum Gasteiger partial charge on any atom is -0.352 e. The fraction of sp³-hybridized carbons (Fsp3) is 0.357. The molecule has 3 aromatic carbocycles. The maximum Gasteiger partial charge on any atom is 0.243 e. The largest absolute Gasteiger partial charge is 0.352 e. The average molecular weight is 577 g/mol. The molecular weight excluding hydrogens is 545 g/mol. The molecule has 202 valence electrons. The second kappa shape index (κ2) is 12.0. The van der Waals surface area contributed by atoms with Gasteiger partial charge in [0.1, 0.15) is 6.04 Å². The molecule has 0 bridgehead atoms. The number of carbonyl (C=O) groups is 2. The molecular formula is C28H31Cl2N3O4S. The van der Waals surface area contributed by atoms with Crippen LogP contribution in [0.25, 0.3) is 10.8 Å². The fourth-order valence-corrected chi connectivity index (χ4v) is 6.31. The average Bonchev–Trinajstić information content (AvgIpc) is 3.40. The van der Waals surface area contributed by atoms with Gasteiger partial charge in [-0.3, -0.25) is 9.59 Å². The minimum atomic E-state index is -3.97. The van der Waals surface area contributed by atoms with Crippen LogP contribution in [0.15, 0.2) is 65.6 Å². The molecule has 7 nitrogen and oxygen atoms in total. The monoisotopic (exact) mass is 575 g/mol. The van der Waals surface area contributed by atoms with Crippen LogP contribution in [-0.4, -0.2) is 55.1 Å². The van der Waals surface area contributed by atoms with Crippen molar-refractivity contribution in [3.8, 4) is 0 Å². The molecule has 0 saturated heterocycles. The number of hydrogen-bond acceptors (Lipinski definition) is 4. The van der Waals surface area contributed by atoms with Crippen LogP contribution < -0.4 is 5.32 Å². The topological polar surface area (TPSA) is 86.8 Å². The number of carbonyl (C=O) groups excluding carboxylic acids is 2. The van der Waals surface area contributed by atoms with E-state index in [-0.39, 0.29) is 23.4 Å². The summed E-state index contributed by atoms with van der Waals surface area (Å²) in [5, 5.41) is 5.53. The van der Waals surface area contributed by atoms with Gasteiger partial charge in [-0.15, -0.1) is 0 Å². The fourth-order valence-electron chi connectivity index (χ4n) is 4.68. The van der Waals surface area contributed by atoms with Crippen molar-refractivity contribution >= 4 is 55.8 Å². The molecule has 0 radical (unpaired) electrons. The predicted molar refractivity (Wildman–Crippen MR) is 151 cm³/mol. The Balaban J connectivity index is 1.56. The zero-order valence-electron chi connectivity index (χ0n) is 21.4. The van der Waals surface area contributed by atoms with Crippen LogP contribution in [0.5, 0.6) is 0 Å². The van der Waals surface area contributed by atoms with Crippen molar-refractivity contribution in [2.45, 2.75) is 56.1 Å². The SMILES string of the molecule is C[C@H](C(=O)NC1CCCC1)N(Cc1ccc(Cl)cc1Cl)C(=O)CN(C)S(=O)(=O)c1ccc2ccccc2c1. The van der Waals surface area contributed by atoms with Crippen molar-refractivity contribution in [3.63, 3.8) is 0 Å². The number of sulfonamides is 1. The minimum absolute atomic E-state index is 0.0257. The summed E-state index contributed by atoms with van der Waals surface area (Å²) >= 11 is 12.4. The molecule has 1 aliphatic carbocycles. The lowest BCUT2D eigenvalue weighted by atomic mass is 10.1. The van der Waals surface area contributed by atoms with Gasteiger partial charge in [-0.05, 0) is 60.4 Å². The normalized spacial score (nSPS) is 15.1. The smallest absolute Gasteiger partial charge is 0.243 e. The Labute approximate surface area is 233 Å². The van der Waals surface area contributed by atoms with E-state index in [9.17, 15) is 18.0 Å². The number of halogens is 2. The summed E-state index contributed by atoms with van der Waals surface area (Å²) in [5.41, 5.74) is 0.602. The maximum absolute atomic E-state index is 13.6. The second-order valence-corrected chi connectivity index (χ2v) is 12.6. The van der Waals surface area contributed by atoms with Gasteiger partial charge in [0, 0.05) is 29.7 Å². The van der Waals surface area contributed by atoms with Crippen molar-refractivity contribution in [2.24, 2.45) is 0 Å². The molecule has 4 rings (SSSR count). The van der Waals surface area contributed by atoms with Crippen LogP contribution in [0, 0.1) is 0 Å². The number of nitrogens with zero attached hydrogens (tertiary/aromatic N) is 2. The van der Waals surface area contributed by atoms with Crippen LogP contribution in [0.4, 0.5) is 0 Å². The van der Waals surface area contributed by atoms with Gasteiger partial charge in [0.15, 0.2) is 0 Å². The Morgan fingerprint density at radius 2 is 1.68 bits per heavy atom. The number of nitrogens with one attached hydrogen (secondary N) is 1. The molecule has 2 amide bonds. The van der Waals surface area contributed by atoms with E-state index in [1.165, 1.54) is 18.0 Å². The van der Waals surface area contributed by atoms with Gasteiger partial charge in [-0.1, -0.05) is 72.4 Å². The third-order valence-corrected chi connectivity index (χ3v) is 9.40. The van der Waals surface area contributed by atoms with Crippen LogP contribution in [0.3, 0.4) is 0 Å². The number of likely N-dealkylation sites (N-methyl/N-ethyl adjacent to an activating group) is 1. The first-order valence-electron chi connectivity index (χ1n) is 12.5. The molecule has 0 aliphatic heterocycles. The van der Waals surface area contributed by atoms with Gasteiger partial charge in [-0.25, -0.2) is 8.42 Å². The number of hydrogen-bond donors (Lipinski definition) is 1. The molecule has 10 heteroatoms. The van der Waals surface area contributed by atoms with E-state index in [2.05, 4.69) is 5.32 Å². The number of amides is 2. The summed E-state index contributed by atoms with van der Waals surface area (Å²) < 4.78 is 27.7. The molecule has 1 fully saturated rings. The first-order chi connectivity index (χ1) is 18.1. The second-order valence-electron chi connectivity index (χ2n) is 9.69. The summed E-state index contributed by atoms with van der Waals surface area (Å²) in [7, 11) is -2.61. The Morgan fingerprint density at radius 1 is 1.00 bits per heavy atom. The lowest BCUT2D eigenvalue weighted by Crippen LogP contribution is -2.52. The third-order valence-electron chi connectivity index (χ3n) is 7.01. The molecule has 1 atom stereocenters. The first-order valence-corrected chi connectivity index (χ1v) is 14.7. The van der Waals surface area contributed by atoms with E-state index in [0.29, 0.717) is 15.6 Å². The van der Waals surface area contributed by atoms with E-state index in [1.54, 1.807) is 37.3 Å². The zero-order valence-corrected chi connectivity index (χ0v) is 23.7. The Kier molecular flexibility index (Phi) is 8.98. The van der Waals surface area contributed by atoms with Gasteiger partial charge in [0.2, 0.25) is 21.8 Å². The molecule has 1 aliphatic rings. The highest BCUT2D eigenvalue weighted by molar-refractivity contribution is 7.89. The summed E-state index contributed by atoms with van der Waals surface area (Å²) in [6, 6.07) is 16.5. The Morgan fingerprint density at radius 3 is 2.37 bits per heavy atom. The molecule has 38 heavy (non-hydrogen) atoms. The van der Waals surface area contributed by atoms with Crippen LogP contribution in [0.1, 0.15) is 38.2 Å². The summed E-state index contributed by atoms with van der Waals surface area (Å²) in [6.07, 6.45) is 3.92. The molecule has 0 heterocycles. The Hall–Kier alpha value is -2.65. The van der Waals surface area contributed by atoms with Crippen LogP contribution in [0.2, 0.25) is 10.0 Å². The molecule has 0 spiro atoms. The lowest BCUT2D eigenvalue weighted by molar-refractivity contribution is -0.140. The van der Waals surface area contributed by atoms with Crippen LogP contribution >= 0.6 is 23.2 Å². The van der Waals surface area contributed by atoms with Crippen molar-refractivity contribution in [1.29, 1.82) is 0 Å². The van der Waals surface area contributed by atoms with E-state index in [4.69, 9.17) is 23.2 Å². The molecule has 0 unspecified atom stereocenters. The molecule has 3 aromatic rings. The van der Waals surface area contributed by atoms with E-state index >= 15 is 0 Å². The number of fused-ring (bicyclic) bond motifs is 1. The highest BCUT2D eigenvalue weighted by Crippen LogP contribution is 2.25. The molecule has 0 aromatic heterocycles. The summed E-state index contributed by atoms with van der Waals surface area (Å²) in [6.45, 7) is 1.23. The number of benzene rings is 3. The lowest BCUT2D eigenvalue weighted by Gasteiger charge is -2.31. The third kappa shape index (κ3) is 6.49. The maximum atomic E-state index is 13.6. The standard InChI is InChI=1S/C28H31Cl2N3O4S/c1-19(28(35)31-24-9-5-6-10-24)33(17-22-11-13-23(29)16-26(22)30)27(34)18-32(2)38(36,37)25-14-12-20-7-3-4-8-21(20)15-25/h3-4,7-8,11-16,19,24H,5-6,9-10,17-18H2,1-2H3,(H,31,35)/t19-/m1/s1. The highest BCUT2D eigenvalue weighted by atomic mass is 35.5. The summed E-state index contributed by atoms with van der Waals surface area (Å²) in [5.74, 6) is -0.799. The van der Waals surface area contributed by atoms with Gasteiger partial charge in [-0.2, -0.15) is 4.31 Å². The Bertz CT molecular complexity index is 1440. The van der Waals surface area contributed by atoms with E-state index < -0.39 is 28.5 Å². The van der Waals surface area contributed by atoms with Crippen molar-refractivity contribution in [3.05, 3.63) is 76.3 Å². The van der Waals surface area contributed by atoms with E-state index in [1.807, 2.05) is 24.3 Å². The number of rotatable bonds is 9. The van der Waals surface area contributed by atoms with Gasteiger partial charge in [0.05, 0.1) is 11.4 Å². The van der Waals surface area contributed by atoms with Crippen molar-refractivity contribution < 1.29 is 18.0 Å².